The summed E-state index contributed by atoms with van der Waals surface area (Å²) in [4.78, 5) is 6.36. The number of nitrogens with zero attached hydrogens (tertiary/aromatic N) is 2. The Morgan fingerprint density at radius 3 is 1.58 bits per heavy atom. The van der Waals surface area contributed by atoms with Crippen LogP contribution in [0.5, 0.6) is 0 Å². The van der Waals surface area contributed by atoms with Gasteiger partial charge in [-0.2, -0.15) is 0 Å². The first kappa shape index (κ1) is 40.4. The first-order chi connectivity index (χ1) is 28.3. The molecule has 0 unspecified atom stereocenters. The zero-order valence-electron chi connectivity index (χ0n) is 37.3. The minimum Gasteiger partial charge on any atom is -0.311 e. The van der Waals surface area contributed by atoms with Gasteiger partial charge in [0.1, 0.15) is 0 Å². The monoisotopic (exact) mass is 822 g/mol. The molecule has 5 heteroatoms. The molecule has 0 saturated carbocycles. The maximum Gasteiger partial charge on any atom is 0.264 e. The van der Waals surface area contributed by atoms with E-state index in [1.54, 1.807) is 0 Å². The molecular weight excluding hydrogens is 767 g/mol. The van der Waals surface area contributed by atoms with Crippen molar-refractivity contribution < 1.29 is 0 Å². The molecule has 1 aromatic heterocycles. The Bertz CT molecular complexity index is 2830. The molecule has 3 heterocycles. The standard InChI is InChI=1S/C55H56BClN2S/c1-33-17-13-15-19-41(33)48-50-52(60-51(48)42-20-16-14-18-34(42)2)56-43-30-38(55(10,11)12)24-28-45(43)58(40-25-21-36(22-26-40)53(4,5)6)46-31-39(57)32-47(49(46)56)59(50)44-27-23-37(29-35(44)3)54(7,8)9/h13-32H,1-12H3. The lowest BCUT2D eigenvalue weighted by Crippen LogP contribution is -2.60. The Morgan fingerprint density at radius 2 is 1.02 bits per heavy atom. The first-order valence-corrected chi connectivity index (χ1v) is 22.6. The number of halogens is 1. The topological polar surface area (TPSA) is 6.48 Å². The number of hydrogen-bond acceptors (Lipinski definition) is 3. The predicted molar refractivity (Wildman–Crippen MR) is 265 cm³/mol. The van der Waals surface area contributed by atoms with Gasteiger partial charge in [0.2, 0.25) is 0 Å². The maximum atomic E-state index is 7.44. The van der Waals surface area contributed by atoms with Crippen molar-refractivity contribution in [2.24, 2.45) is 0 Å². The van der Waals surface area contributed by atoms with Crippen molar-refractivity contribution in [3.8, 4) is 21.6 Å². The highest BCUT2D eigenvalue weighted by Crippen LogP contribution is 2.54. The van der Waals surface area contributed by atoms with Gasteiger partial charge in [-0.05, 0) is 129 Å². The van der Waals surface area contributed by atoms with Crippen LogP contribution < -0.4 is 25.5 Å². The number of anilines is 6. The van der Waals surface area contributed by atoms with E-state index in [0.29, 0.717) is 0 Å². The molecule has 0 saturated heterocycles. The molecule has 2 aliphatic heterocycles. The van der Waals surface area contributed by atoms with Gasteiger partial charge < -0.3 is 9.80 Å². The summed E-state index contributed by atoms with van der Waals surface area (Å²) in [5.41, 5.74) is 21.2. The summed E-state index contributed by atoms with van der Waals surface area (Å²) in [5.74, 6) is 0. The maximum absolute atomic E-state index is 7.44. The van der Waals surface area contributed by atoms with E-state index in [1.165, 1.54) is 87.7 Å². The minimum atomic E-state index is -0.0408. The Kier molecular flexibility index (Phi) is 9.61. The van der Waals surface area contributed by atoms with Gasteiger partial charge in [-0.1, -0.05) is 159 Å². The second-order valence-corrected chi connectivity index (χ2v) is 21.7. The highest BCUT2D eigenvalue weighted by atomic mass is 35.5. The fourth-order valence-electron chi connectivity index (χ4n) is 9.38. The summed E-state index contributed by atoms with van der Waals surface area (Å²) in [7, 11) is 0. The van der Waals surface area contributed by atoms with Crippen molar-refractivity contribution in [2.75, 3.05) is 9.80 Å². The third-order valence-corrected chi connectivity index (χ3v) is 14.3. The van der Waals surface area contributed by atoms with Crippen molar-refractivity contribution >= 4 is 79.5 Å². The summed E-state index contributed by atoms with van der Waals surface area (Å²) >= 11 is 9.41. The fourth-order valence-corrected chi connectivity index (χ4v) is 11.1. The van der Waals surface area contributed by atoms with Crippen LogP contribution in [-0.2, 0) is 16.2 Å². The predicted octanol–water partition coefficient (Wildman–Crippen LogP) is 14.6. The zero-order chi connectivity index (χ0) is 42.6. The summed E-state index contributed by atoms with van der Waals surface area (Å²) in [5, 5.41) is 0.720. The van der Waals surface area contributed by atoms with Crippen molar-refractivity contribution in [1.82, 2.24) is 0 Å². The number of hydrogen-bond donors (Lipinski definition) is 0. The molecule has 60 heavy (non-hydrogen) atoms. The van der Waals surface area contributed by atoms with Crippen molar-refractivity contribution in [1.29, 1.82) is 0 Å². The van der Waals surface area contributed by atoms with Gasteiger partial charge >= 0.3 is 0 Å². The van der Waals surface area contributed by atoms with Crippen molar-refractivity contribution in [3.63, 3.8) is 0 Å². The van der Waals surface area contributed by atoms with Gasteiger partial charge in [0.15, 0.2) is 0 Å². The minimum absolute atomic E-state index is 0.0148. The molecule has 0 atom stereocenters. The molecule has 0 amide bonds. The molecule has 2 aliphatic rings. The van der Waals surface area contributed by atoms with Gasteiger partial charge in [-0.3, -0.25) is 0 Å². The Balaban J connectivity index is 1.45. The van der Waals surface area contributed by atoms with Gasteiger partial charge in [0.05, 0.1) is 5.69 Å². The third-order valence-electron chi connectivity index (χ3n) is 12.8. The van der Waals surface area contributed by atoms with E-state index in [1.807, 2.05) is 11.3 Å². The SMILES string of the molecule is Cc1ccccc1-c1sc2c(c1-c1ccccc1C)N(c1ccc(C(C)(C)C)cc1C)c1cc(Cl)cc3c1B2c1cc(C(C)(C)C)ccc1N3c1ccc(C(C)(C)C)cc1. The lowest BCUT2D eigenvalue weighted by Gasteiger charge is -2.44. The van der Waals surface area contributed by atoms with E-state index in [0.717, 1.165) is 22.1 Å². The number of fused-ring (bicyclic) bond motifs is 4. The molecule has 0 spiro atoms. The van der Waals surface area contributed by atoms with Gasteiger partial charge in [-0.25, -0.2) is 0 Å². The van der Waals surface area contributed by atoms with Crippen molar-refractivity contribution in [2.45, 2.75) is 99.3 Å². The van der Waals surface area contributed by atoms with Crippen LogP contribution in [0.15, 0.2) is 121 Å². The molecule has 9 rings (SSSR count). The zero-order valence-corrected chi connectivity index (χ0v) is 38.9. The van der Waals surface area contributed by atoms with Crippen LogP contribution in [0.2, 0.25) is 5.02 Å². The number of thiophene rings is 1. The molecule has 0 bridgehead atoms. The number of aryl methyl sites for hydroxylation is 3. The fraction of sp³-hybridized carbons (Fsp3) is 0.273. The first-order valence-electron chi connectivity index (χ1n) is 21.4. The average molecular weight is 823 g/mol. The Labute approximate surface area is 368 Å². The number of benzene rings is 6. The molecule has 0 N–H and O–H groups in total. The Morgan fingerprint density at radius 1 is 0.500 bits per heavy atom. The van der Waals surface area contributed by atoms with Crippen LogP contribution in [-0.4, -0.2) is 6.71 Å². The average Bonchev–Trinajstić information content (AvgIpc) is 3.56. The summed E-state index contributed by atoms with van der Waals surface area (Å²) in [6.07, 6.45) is 0. The van der Waals surface area contributed by atoms with Crippen LogP contribution >= 0.6 is 22.9 Å². The molecule has 2 nitrogen and oxygen atoms in total. The van der Waals surface area contributed by atoms with Crippen LogP contribution in [0, 0.1) is 20.8 Å². The quantitative estimate of drug-likeness (QED) is 0.163. The highest BCUT2D eigenvalue weighted by Gasteiger charge is 2.47. The molecule has 0 fully saturated rings. The molecule has 0 aliphatic carbocycles. The van der Waals surface area contributed by atoms with Crippen LogP contribution in [0.3, 0.4) is 0 Å². The summed E-state index contributed by atoms with van der Waals surface area (Å²) in [6.45, 7) is 27.5. The smallest absolute Gasteiger partial charge is 0.264 e. The molecule has 7 aromatic rings. The lowest BCUT2D eigenvalue weighted by atomic mass is 9.36. The highest BCUT2D eigenvalue weighted by molar-refractivity contribution is 7.31. The Hall–Kier alpha value is -5.03. The van der Waals surface area contributed by atoms with Crippen LogP contribution in [0.1, 0.15) is 95.7 Å². The molecular formula is C55H56BClN2S. The lowest BCUT2D eigenvalue weighted by molar-refractivity contribution is 0.589. The third kappa shape index (κ3) is 6.62. The van der Waals surface area contributed by atoms with Crippen LogP contribution in [0.25, 0.3) is 21.6 Å². The van der Waals surface area contributed by atoms with Gasteiger partial charge in [0, 0.05) is 48.7 Å². The van der Waals surface area contributed by atoms with Gasteiger partial charge in [0.25, 0.3) is 6.71 Å². The van der Waals surface area contributed by atoms with E-state index in [9.17, 15) is 0 Å². The summed E-state index contributed by atoms with van der Waals surface area (Å²) < 4.78 is 1.36. The van der Waals surface area contributed by atoms with E-state index in [2.05, 4.69) is 214 Å². The van der Waals surface area contributed by atoms with Gasteiger partial charge in [-0.15, -0.1) is 11.3 Å². The largest absolute Gasteiger partial charge is 0.311 e. The van der Waals surface area contributed by atoms with E-state index >= 15 is 0 Å². The van der Waals surface area contributed by atoms with Crippen LogP contribution in [0.4, 0.5) is 34.1 Å². The second-order valence-electron chi connectivity index (χ2n) is 20.2. The molecule has 0 radical (unpaired) electrons. The molecule has 302 valence electrons. The van der Waals surface area contributed by atoms with E-state index in [-0.39, 0.29) is 23.0 Å². The second kappa shape index (κ2) is 14.3. The molecule has 6 aromatic carbocycles. The normalized spacial score (nSPS) is 13.7. The van der Waals surface area contributed by atoms with E-state index < -0.39 is 0 Å². The van der Waals surface area contributed by atoms with E-state index in [4.69, 9.17) is 11.6 Å². The van der Waals surface area contributed by atoms with Crippen molar-refractivity contribution in [3.05, 3.63) is 160 Å². The number of rotatable bonds is 4. The summed E-state index contributed by atoms with van der Waals surface area (Å²) in [6, 6.07) is 45.8.